The van der Waals surface area contributed by atoms with E-state index < -0.39 is 6.10 Å². The topological polar surface area (TPSA) is 70.9 Å². The molecule has 1 aromatic rings. The molecule has 1 aliphatic rings. The Morgan fingerprint density at radius 1 is 1.42 bits per heavy atom. The van der Waals surface area contributed by atoms with E-state index in [1.807, 2.05) is 12.1 Å². The molecular formula is C14H18N2O3. The minimum absolute atomic E-state index is 0.0779. The van der Waals surface area contributed by atoms with Crippen LogP contribution >= 0.6 is 0 Å². The molecule has 19 heavy (non-hydrogen) atoms. The molecule has 102 valence electrons. The third kappa shape index (κ3) is 3.24. The lowest BCUT2D eigenvalue weighted by Crippen LogP contribution is -2.36. The molecule has 0 saturated carbocycles. The summed E-state index contributed by atoms with van der Waals surface area (Å²) in [6.07, 6.45) is 2.16. The summed E-state index contributed by atoms with van der Waals surface area (Å²) in [5.41, 5.74) is 1.16. The number of para-hydroxylation sites is 1. The molecule has 1 fully saturated rings. The lowest BCUT2D eigenvalue weighted by Gasteiger charge is -2.18. The van der Waals surface area contributed by atoms with E-state index in [-0.39, 0.29) is 5.91 Å². The molecule has 0 spiro atoms. The number of hydrogen-bond donors (Lipinski definition) is 2. The second-order valence-electron chi connectivity index (χ2n) is 4.57. The Bertz CT molecular complexity index is 485. The van der Waals surface area contributed by atoms with Gasteiger partial charge in [0, 0.05) is 12.1 Å². The SMILES string of the molecule is C/C(=N\O)c1ccccc1OC1CCCCNC1=O. The van der Waals surface area contributed by atoms with Crippen molar-refractivity contribution in [1.29, 1.82) is 0 Å². The van der Waals surface area contributed by atoms with Gasteiger partial charge in [0.15, 0.2) is 6.10 Å². The second-order valence-corrected chi connectivity index (χ2v) is 4.57. The normalized spacial score (nSPS) is 20.6. The Kier molecular flexibility index (Phi) is 4.39. The maximum Gasteiger partial charge on any atom is 0.261 e. The zero-order valence-corrected chi connectivity index (χ0v) is 10.9. The van der Waals surface area contributed by atoms with Gasteiger partial charge in [-0.15, -0.1) is 0 Å². The molecular weight excluding hydrogens is 244 g/mol. The monoisotopic (exact) mass is 262 g/mol. The number of amides is 1. The van der Waals surface area contributed by atoms with Gasteiger partial charge in [-0.2, -0.15) is 0 Å². The molecule has 0 aromatic heterocycles. The van der Waals surface area contributed by atoms with Crippen LogP contribution in [-0.4, -0.2) is 29.5 Å². The van der Waals surface area contributed by atoms with Crippen LogP contribution < -0.4 is 10.1 Å². The van der Waals surface area contributed by atoms with Crippen LogP contribution in [0.2, 0.25) is 0 Å². The molecule has 1 heterocycles. The van der Waals surface area contributed by atoms with E-state index in [4.69, 9.17) is 9.94 Å². The van der Waals surface area contributed by atoms with Gasteiger partial charge in [-0.1, -0.05) is 17.3 Å². The van der Waals surface area contributed by atoms with Crippen molar-refractivity contribution < 1.29 is 14.7 Å². The zero-order valence-electron chi connectivity index (χ0n) is 10.9. The highest BCUT2D eigenvalue weighted by Crippen LogP contribution is 2.22. The standard InChI is InChI=1S/C14H18N2O3/c1-10(16-18)11-6-2-3-7-12(11)19-13-8-4-5-9-15-14(13)17/h2-3,6-7,13,18H,4-5,8-9H2,1H3,(H,15,17)/b16-10+. The van der Waals surface area contributed by atoms with E-state index >= 15 is 0 Å². The van der Waals surface area contributed by atoms with Gasteiger partial charge in [0.2, 0.25) is 0 Å². The first-order valence-corrected chi connectivity index (χ1v) is 6.45. The number of nitrogens with one attached hydrogen (secondary N) is 1. The van der Waals surface area contributed by atoms with Gasteiger partial charge in [-0.25, -0.2) is 0 Å². The van der Waals surface area contributed by atoms with Gasteiger partial charge in [0.05, 0.1) is 5.71 Å². The summed E-state index contributed by atoms with van der Waals surface area (Å²) in [5.74, 6) is 0.491. The maximum absolute atomic E-state index is 11.9. The van der Waals surface area contributed by atoms with Crippen molar-refractivity contribution >= 4 is 11.6 Å². The Hall–Kier alpha value is -2.04. The predicted octanol–water partition coefficient (Wildman–Crippen LogP) is 1.93. The minimum Gasteiger partial charge on any atom is -0.480 e. The number of benzene rings is 1. The number of ether oxygens (including phenoxy) is 1. The van der Waals surface area contributed by atoms with Crippen LogP contribution in [0.4, 0.5) is 0 Å². The van der Waals surface area contributed by atoms with Crippen molar-refractivity contribution in [2.75, 3.05) is 6.54 Å². The van der Waals surface area contributed by atoms with Gasteiger partial charge in [-0.3, -0.25) is 4.79 Å². The summed E-state index contributed by atoms with van der Waals surface area (Å²) in [5, 5.41) is 14.9. The van der Waals surface area contributed by atoms with Crippen molar-refractivity contribution in [3.63, 3.8) is 0 Å². The van der Waals surface area contributed by atoms with E-state index in [2.05, 4.69) is 10.5 Å². The molecule has 0 bridgehead atoms. The average Bonchev–Trinajstić information content (AvgIpc) is 2.64. The van der Waals surface area contributed by atoms with E-state index in [0.29, 0.717) is 30.0 Å². The first kappa shape index (κ1) is 13.4. The van der Waals surface area contributed by atoms with Crippen LogP contribution in [0, 0.1) is 0 Å². The maximum atomic E-state index is 11.9. The molecule has 2 rings (SSSR count). The zero-order chi connectivity index (χ0) is 13.7. The Labute approximate surface area is 112 Å². The molecule has 1 aliphatic heterocycles. The van der Waals surface area contributed by atoms with E-state index in [0.717, 1.165) is 12.8 Å². The van der Waals surface area contributed by atoms with Gasteiger partial charge in [-0.05, 0) is 38.3 Å². The highest BCUT2D eigenvalue weighted by Gasteiger charge is 2.23. The molecule has 0 radical (unpaired) electrons. The lowest BCUT2D eigenvalue weighted by molar-refractivity contribution is -0.127. The summed E-state index contributed by atoms with van der Waals surface area (Å²) in [6.45, 7) is 2.40. The highest BCUT2D eigenvalue weighted by molar-refractivity contribution is 6.00. The summed E-state index contributed by atoms with van der Waals surface area (Å²) in [7, 11) is 0. The van der Waals surface area contributed by atoms with Gasteiger partial charge in [0.25, 0.3) is 5.91 Å². The Balaban J connectivity index is 2.20. The van der Waals surface area contributed by atoms with Gasteiger partial charge >= 0.3 is 0 Å². The molecule has 1 saturated heterocycles. The molecule has 5 heteroatoms. The predicted molar refractivity (Wildman–Crippen MR) is 71.7 cm³/mol. The van der Waals surface area contributed by atoms with Crippen molar-refractivity contribution in [2.45, 2.75) is 32.3 Å². The summed E-state index contributed by atoms with van der Waals surface area (Å²) in [4.78, 5) is 11.9. The number of oxime groups is 1. The summed E-state index contributed by atoms with van der Waals surface area (Å²) in [6, 6.07) is 7.25. The summed E-state index contributed by atoms with van der Waals surface area (Å²) >= 11 is 0. The number of hydrogen-bond acceptors (Lipinski definition) is 4. The van der Waals surface area contributed by atoms with Crippen molar-refractivity contribution in [2.24, 2.45) is 5.16 Å². The molecule has 5 nitrogen and oxygen atoms in total. The van der Waals surface area contributed by atoms with E-state index in [1.165, 1.54) is 0 Å². The third-order valence-electron chi connectivity index (χ3n) is 3.18. The van der Waals surface area contributed by atoms with E-state index in [1.54, 1.807) is 19.1 Å². The summed E-state index contributed by atoms with van der Waals surface area (Å²) < 4.78 is 5.80. The minimum atomic E-state index is -0.477. The van der Waals surface area contributed by atoms with Crippen molar-refractivity contribution in [3.8, 4) is 5.75 Å². The van der Waals surface area contributed by atoms with Crippen molar-refractivity contribution in [3.05, 3.63) is 29.8 Å². The molecule has 2 N–H and O–H groups in total. The van der Waals surface area contributed by atoms with Gasteiger partial charge < -0.3 is 15.3 Å². The second kappa shape index (κ2) is 6.22. The average molecular weight is 262 g/mol. The lowest BCUT2D eigenvalue weighted by atomic mass is 10.1. The van der Waals surface area contributed by atoms with Crippen LogP contribution in [0.3, 0.4) is 0 Å². The quantitative estimate of drug-likeness (QED) is 0.497. The molecule has 1 atom stereocenters. The van der Waals surface area contributed by atoms with Crippen LogP contribution in [0.25, 0.3) is 0 Å². The Morgan fingerprint density at radius 2 is 2.21 bits per heavy atom. The molecule has 1 aromatic carbocycles. The van der Waals surface area contributed by atoms with E-state index in [9.17, 15) is 4.79 Å². The van der Waals surface area contributed by atoms with Crippen LogP contribution in [-0.2, 0) is 4.79 Å². The fourth-order valence-corrected chi connectivity index (χ4v) is 2.10. The largest absolute Gasteiger partial charge is 0.480 e. The van der Waals surface area contributed by atoms with Crippen LogP contribution in [0.15, 0.2) is 29.4 Å². The smallest absolute Gasteiger partial charge is 0.261 e. The molecule has 0 aliphatic carbocycles. The highest BCUT2D eigenvalue weighted by atomic mass is 16.5. The molecule has 1 unspecified atom stereocenters. The van der Waals surface area contributed by atoms with Crippen LogP contribution in [0.5, 0.6) is 5.75 Å². The van der Waals surface area contributed by atoms with Crippen molar-refractivity contribution in [1.82, 2.24) is 5.32 Å². The first-order chi connectivity index (χ1) is 9.22. The fourth-order valence-electron chi connectivity index (χ4n) is 2.10. The fraction of sp³-hybridized carbons (Fsp3) is 0.429. The first-order valence-electron chi connectivity index (χ1n) is 6.45. The number of carbonyl (C=O) groups is 1. The number of nitrogens with zero attached hydrogens (tertiary/aromatic N) is 1. The van der Waals surface area contributed by atoms with Crippen LogP contribution in [0.1, 0.15) is 31.7 Å². The number of rotatable bonds is 3. The third-order valence-corrected chi connectivity index (χ3v) is 3.18. The van der Waals surface area contributed by atoms with Gasteiger partial charge in [0.1, 0.15) is 5.75 Å². The number of carbonyl (C=O) groups excluding carboxylic acids is 1. The Morgan fingerprint density at radius 3 is 3.00 bits per heavy atom. The molecule has 1 amide bonds.